The van der Waals surface area contributed by atoms with E-state index in [4.69, 9.17) is 28.2 Å². The fourth-order valence-electron chi connectivity index (χ4n) is 2.69. The minimum absolute atomic E-state index is 0.443. The van der Waals surface area contributed by atoms with E-state index >= 15 is 0 Å². The minimum atomic E-state index is 0.443. The number of hydrogen-bond donors (Lipinski definition) is 0. The van der Waals surface area contributed by atoms with Crippen molar-refractivity contribution >= 4 is 55.1 Å². The van der Waals surface area contributed by atoms with Gasteiger partial charge in [0, 0.05) is 16.0 Å². The van der Waals surface area contributed by atoms with Crippen LogP contribution in [0.3, 0.4) is 0 Å². The summed E-state index contributed by atoms with van der Waals surface area (Å²) in [5, 5.41) is 1.06. The first-order chi connectivity index (χ1) is 10.1. The van der Waals surface area contributed by atoms with Crippen LogP contribution < -0.4 is 0 Å². The molecular formula is C15H12Br2Cl2N2. The van der Waals surface area contributed by atoms with Crippen molar-refractivity contribution in [3.63, 3.8) is 0 Å². The van der Waals surface area contributed by atoms with Crippen LogP contribution in [0.4, 0.5) is 0 Å². The highest BCUT2D eigenvalue weighted by molar-refractivity contribution is 9.10. The first-order valence-corrected chi connectivity index (χ1v) is 9.09. The lowest BCUT2D eigenvalue weighted by atomic mass is 10.0. The Balaban J connectivity index is 2.13. The van der Waals surface area contributed by atoms with Crippen molar-refractivity contribution in [1.29, 1.82) is 0 Å². The monoisotopic (exact) mass is 448 g/mol. The third-order valence-corrected chi connectivity index (χ3v) is 5.85. The molecule has 0 bridgehead atoms. The first kappa shape index (κ1) is 15.7. The Bertz CT molecular complexity index is 686. The predicted octanol–water partition coefficient (Wildman–Crippen LogP) is 6.63. The molecule has 1 aliphatic carbocycles. The van der Waals surface area contributed by atoms with Gasteiger partial charge in [0.2, 0.25) is 0 Å². The van der Waals surface area contributed by atoms with Gasteiger partial charge in [-0.15, -0.1) is 0 Å². The molecule has 1 heterocycles. The second kappa shape index (κ2) is 6.53. The van der Waals surface area contributed by atoms with Crippen LogP contribution in [0.15, 0.2) is 27.1 Å². The van der Waals surface area contributed by atoms with Crippen LogP contribution in [-0.2, 0) is 0 Å². The lowest BCUT2D eigenvalue weighted by Gasteiger charge is -2.14. The molecule has 0 spiro atoms. The van der Waals surface area contributed by atoms with E-state index in [1.807, 2.05) is 18.2 Å². The average molecular weight is 451 g/mol. The average Bonchev–Trinajstić information content (AvgIpc) is 2.98. The molecule has 1 aromatic heterocycles. The number of halogens is 4. The van der Waals surface area contributed by atoms with Crippen molar-refractivity contribution in [3.05, 3.63) is 43.0 Å². The van der Waals surface area contributed by atoms with Gasteiger partial charge in [0.25, 0.3) is 0 Å². The van der Waals surface area contributed by atoms with E-state index in [9.17, 15) is 0 Å². The topological polar surface area (TPSA) is 25.8 Å². The molecule has 1 aromatic carbocycles. The van der Waals surface area contributed by atoms with E-state index < -0.39 is 0 Å². The molecule has 1 fully saturated rings. The first-order valence-electron chi connectivity index (χ1n) is 6.74. The molecule has 1 saturated carbocycles. The van der Waals surface area contributed by atoms with Crippen LogP contribution in [0.2, 0.25) is 10.2 Å². The third-order valence-electron chi connectivity index (χ3n) is 3.75. The predicted molar refractivity (Wildman–Crippen MR) is 94.1 cm³/mol. The molecule has 110 valence electrons. The molecule has 2 nitrogen and oxygen atoms in total. The minimum Gasteiger partial charge on any atom is -0.231 e. The summed E-state index contributed by atoms with van der Waals surface area (Å²) in [6.07, 6.45) is 4.78. The fourth-order valence-corrected chi connectivity index (χ4v) is 3.94. The quantitative estimate of drug-likeness (QED) is 0.479. The van der Waals surface area contributed by atoms with E-state index in [1.54, 1.807) is 0 Å². The molecule has 21 heavy (non-hydrogen) atoms. The summed E-state index contributed by atoms with van der Waals surface area (Å²) >= 11 is 19.6. The van der Waals surface area contributed by atoms with Gasteiger partial charge in [0.05, 0.1) is 15.2 Å². The Morgan fingerprint density at radius 3 is 2.48 bits per heavy atom. The lowest BCUT2D eigenvalue weighted by Crippen LogP contribution is -2.03. The van der Waals surface area contributed by atoms with Gasteiger partial charge in [-0.1, -0.05) is 52.0 Å². The highest BCUT2D eigenvalue weighted by atomic mass is 79.9. The smallest absolute Gasteiger partial charge is 0.162 e. The van der Waals surface area contributed by atoms with Gasteiger partial charge in [-0.25, -0.2) is 9.97 Å². The Kier molecular flexibility index (Phi) is 4.89. The van der Waals surface area contributed by atoms with Gasteiger partial charge >= 0.3 is 0 Å². The summed E-state index contributed by atoms with van der Waals surface area (Å²) in [6, 6.07) is 5.64. The van der Waals surface area contributed by atoms with Gasteiger partial charge in [-0.3, -0.25) is 0 Å². The molecule has 1 aliphatic rings. The van der Waals surface area contributed by atoms with E-state index in [0.29, 0.717) is 21.9 Å². The number of aromatic nitrogens is 2. The number of hydrogen-bond acceptors (Lipinski definition) is 2. The highest BCUT2D eigenvalue weighted by Crippen LogP contribution is 2.40. The van der Waals surface area contributed by atoms with Crippen molar-refractivity contribution < 1.29 is 0 Å². The molecule has 2 aromatic rings. The number of rotatable bonds is 2. The molecule has 0 N–H and O–H groups in total. The highest BCUT2D eigenvalue weighted by Gasteiger charge is 2.24. The van der Waals surface area contributed by atoms with Crippen molar-refractivity contribution in [2.75, 3.05) is 0 Å². The summed E-state index contributed by atoms with van der Waals surface area (Å²) in [5.74, 6) is 1.03. The Hall–Kier alpha value is -0.160. The van der Waals surface area contributed by atoms with Crippen LogP contribution >= 0.6 is 55.1 Å². The van der Waals surface area contributed by atoms with Crippen molar-refractivity contribution in [2.45, 2.75) is 31.6 Å². The van der Waals surface area contributed by atoms with Crippen LogP contribution in [0.25, 0.3) is 11.4 Å². The van der Waals surface area contributed by atoms with Crippen LogP contribution in [0.1, 0.15) is 37.3 Å². The summed E-state index contributed by atoms with van der Waals surface area (Å²) in [6.45, 7) is 0. The van der Waals surface area contributed by atoms with E-state index in [0.717, 1.165) is 33.0 Å². The van der Waals surface area contributed by atoms with Gasteiger partial charge in [0.1, 0.15) is 5.15 Å². The van der Waals surface area contributed by atoms with Crippen molar-refractivity contribution in [3.8, 4) is 11.4 Å². The van der Waals surface area contributed by atoms with E-state index in [1.165, 1.54) is 12.8 Å². The Morgan fingerprint density at radius 2 is 1.76 bits per heavy atom. The SMILES string of the molecule is Clc1ccc(Br)cc1-c1nc(Cl)c(Br)c(C2CCCC2)n1. The molecular weight excluding hydrogens is 439 g/mol. The van der Waals surface area contributed by atoms with Gasteiger partial charge in [-0.05, 0) is 47.0 Å². The molecule has 0 atom stereocenters. The number of nitrogens with zero attached hydrogens (tertiary/aromatic N) is 2. The standard InChI is InChI=1S/C15H12Br2Cl2N2/c16-9-5-6-11(18)10(7-9)15-20-13(8-3-1-2-4-8)12(17)14(19)21-15/h5-8H,1-4H2. The van der Waals surface area contributed by atoms with Crippen molar-refractivity contribution in [1.82, 2.24) is 9.97 Å². The van der Waals surface area contributed by atoms with Crippen LogP contribution in [0.5, 0.6) is 0 Å². The second-order valence-electron chi connectivity index (χ2n) is 5.14. The molecule has 0 unspecified atom stereocenters. The maximum absolute atomic E-state index is 6.29. The summed E-state index contributed by atoms with van der Waals surface area (Å²) in [4.78, 5) is 9.12. The van der Waals surface area contributed by atoms with Crippen molar-refractivity contribution in [2.24, 2.45) is 0 Å². The Morgan fingerprint density at radius 1 is 1.05 bits per heavy atom. The molecule has 0 radical (unpaired) electrons. The van der Waals surface area contributed by atoms with Gasteiger partial charge in [-0.2, -0.15) is 0 Å². The van der Waals surface area contributed by atoms with Crippen LogP contribution in [-0.4, -0.2) is 9.97 Å². The lowest BCUT2D eigenvalue weighted by molar-refractivity contribution is 0.691. The molecule has 0 amide bonds. The van der Waals surface area contributed by atoms with Gasteiger partial charge in [0.15, 0.2) is 5.82 Å². The van der Waals surface area contributed by atoms with Gasteiger partial charge < -0.3 is 0 Å². The summed E-state index contributed by atoms with van der Waals surface area (Å²) in [7, 11) is 0. The zero-order valence-electron chi connectivity index (χ0n) is 11.0. The Labute approximate surface area is 150 Å². The second-order valence-corrected chi connectivity index (χ2v) is 7.62. The zero-order valence-corrected chi connectivity index (χ0v) is 15.7. The summed E-state index contributed by atoms with van der Waals surface area (Å²) < 4.78 is 1.75. The maximum atomic E-state index is 6.29. The fraction of sp³-hybridized carbons (Fsp3) is 0.333. The molecule has 6 heteroatoms. The van der Waals surface area contributed by atoms with Crippen LogP contribution in [0, 0.1) is 0 Å². The zero-order chi connectivity index (χ0) is 15.0. The number of benzene rings is 1. The third kappa shape index (κ3) is 3.29. The summed E-state index contributed by atoms with van der Waals surface area (Å²) in [5.41, 5.74) is 1.79. The molecule has 0 aliphatic heterocycles. The van der Waals surface area contributed by atoms with E-state index in [-0.39, 0.29) is 0 Å². The molecule has 0 saturated heterocycles. The van der Waals surface area contributed by atoms with E-state index in [2.05, 4.69) is 36.8 Å². The maximum Gasteiger partial charge on any atom is 0.162 e. The molecule has 3 rings (SSSR count). The largest absolute Gasteiger partial charge is 0.231 e. The normalized spacial score (nSPS) is 15.6.